The number of nitrogens with zero attached hydrogens (tertiary/aromatic N) is 2. The van der Waals surface area contributed by atoms with Gasteiger partial charge in [0.1, 0.15) is 5.60 Å². The van der Waals surface area contributed by atoms with Gasteiger partial charge in [-0.2, -0.15) is 0 Å². The van der Waals surface area contributed by atoms with Gasteiger partial charge in [-0.05, 0) is 45.6 Å². The van der Waals surface area contributed by atoms with E-state index in [4.69, 9.17) is 4.74 Å². The minimum atomic E-state index is -0.421. The molecule has 2 fully saturated rings. The third kappa shape index (κ3) is 3.86. The predicted octanol–water partition coefficient (Wildman–Crippen LogP) is 3.44. The zero-order valence-electron chi connectivity index (χ0n) is 14.7. The zero-order valence-corrected chi connectivity index (χ0v) is 14.7. The second kappa shape index (κ2) is 6.16. The normalized spacial score (nSPS) is 24.8. The van der Waals surface area contributed by atoms with E-state index in [9.17, 15) is 4.79 Å². The molecular formula is C19H28N2O2. The lowest BCUT2D eigenvalue weighted by molar-refractivity contribution is -0.0557. The van der Waals surface area contributed by atoms with Crippen molar-refractivity contribution in [2.75, 3.05) is 19.6 Å². The molecule has 2 heterocycles. The van der Waals surface area contributed by atoms with Crippen molar-refractivity contribution >= 4 is 6.09 Å². The molecule has 0 aromatic heterocycles. The zero-order chi connectivity index (χ0) is 16.6. The molecule has 2 aliphatic heterocycles. The van der Waals surface area contributed by atoms with Crippen molar-refractivity contribution in [3.05, 3.63) is 35.4 Å². The second-order valence-electron chi connectivity index (χ2n) is 7.96. The summed E-state index contributed by atoms with van der Waals surface area (Å²) in [6, 6.07) is 9.23. The van der Waals surface area contributed by atoms with E-state index < -0.39 is 5.60 Å². The van der Waals surface area contributed by atoms with E-state index in [0.29, 0.717) is 6.04 Å². The van der Waals surface area contributed by atoms with Crippen molar-refractivity contribution < 1.29 is 9.53 Å². The summed E-state index contributed by atoms with van der Waals surface area (Å²) in [6.45, 7) is 11.6. The van der Waals surface area contributed by atoms with Crippen LogP contribution < -0.4 is 0 Å². The minimum absolute atomic E-state index is 0.168. The summed E-state index contributed by atoms with van der Waals surface area (Å²) in [5, 5.41) is 0. The smallest absolute Gasteiger partial charge is 0.410 e. The summed E-state index contributed by atoms with van der Waals surface area (Å²) >= 11 is 0. The molecule has 0 unspecified atom stereocenters. The number of rotatable bonds is 2. The maximum Gasteiger partial charge on any atom is 0.410 e. The van der Waals surface area contributed by atoms with E-state index >= 15 is 0 Å². The highest BCUT2D eigenvalue weighted by molar-refractivity contribution is 5.68. The Bertz CT molecular complexity index is 562. The van der Waals surface area contributed by atoms with Crippen LogP contribution in [0.25, 0.3) is 0 Å². The molecule has 0 radical (unpaired) electrons. The van der Waals surface area contributed by atoms with Crippen molar-refractivity contribution in [2.45, 2.75) is 52.3 Å². The first kappa shape index (κ1) is 16.3. The van der Waals surface area contributed by atoms with Gasteiger partial charge >= 0.3 is 6.09 Å². The number of hydrogen-bond donors (Lipinski definition) is 0. The highest BCUT2D eigenvalue weighted by atomic mass is 16.6. The number of aryl methyl sites for hydroxylation is 1. The molecule has 23 heavy (non-hydrogen) atoms. The third-order valence-corrected chi connectivity index (χ3v) is 4.82. The molecule has 3 rings (SSSR count). The Morgan fingerprint density at radius 1 is 1.22 bits per heavy atom. The Kier molecular flexibility index (Phi) is 4.37. The molecule has 0 aliphatic carbocycles. The minimum Gasteiger partial charge on any atom is -0.444 e. The molecular weight excluding hydrogens is 288 g/mol. The summed E-state index contributed by atoms with van der Waals surface area (Å²) in [7, 11) is 0. The Labute approximate surface area is 139 Å². The number of ether oxygens (including phenoxy) is 1. The van der Waals surface area contributed by atoms with E-state index in [-0.39, 0.29) is 6.09 Å². The van der Waals surface area contributed by atoms with Gasteiger partial charge in [-0.15, -0.1) is 0 Å². The van der Waals surface area contributed by atoms with E-state index in [0.717, 1.165) is 38.5 Å². The molecule has 2 aliphatic rings. The monoisotopic (exact) mass is 316 g/mol. The van der Waals surface area contributed by atoms with Crippen LogP contribution in [0.4, 0.5) is 4.79 Å². The van der Waals surface area contributed by atoms with Crippen molar-refractivity contribution in [3.63, 3.8) is 0 Å². The number of likely N-dealkylation sites (tertiary alicyclic amines) is 2. The fourth-order valence-corrected chi connectivity index (χ4v) is 3.51. The number of benzene rings is 1. The predicted molar refractivity (Wildman–Crippen MR) is 91.3 cm³/mol. The van der Waals surface area contributed by atoms with Crippen molar-refractivity contribution in [1.29, 1.82) is 0 Å². The topological polar surface area (TPSA) is 32.8 Å². The Balaban J connectivity index is 1.57. The summed E-state index contributed by atoms with van der Waals surface area (Å²) in [5.41, 5.74) is 2.22. The van der Waals surface area contributed by atoms with E-state index in [1.165, 1.54) is 11.1 Å². The second-order valence-corrected chi connectivity index (χ2v) is 7.96. The number of carbonyl (C=O) groups excluding carboxylic acids is 1. The van der Waals surface area contributed by atoms with Crippen LogP contribution in [0.15, 0.2) is 24.3 Å². The van der Waals surface area contributed by atoms with Crippen LogP contribution in [-0.4, -0.2) is 47.2 Å². The van der Waals surface area contributed by atoms with Gasteiger partial charge in [0.05, 0.1) is 0 Å². The molecule has 0 bridgehead atoms. The third-order valence-electron chi connectivity index (χ3n) is 4.82. The van der Waals surface area contributed by atoms with Gasteiger partial charge < -0.3 is 9.64 Å². The molecule has 2 atom stereocenters. The molecule has 1 aromatic rings. The Morgan fingerprint density at radius 3 is 2.57 bits per heavy atom. The first-order chi connectivity index (χ1) is 10.8. The average Bonchev–Trinajstić information content (AvgIpc) is 2.45. The van der Waals surface area contributed by atoms with Crippen molar-refractivity contribution in [3.8, 4) is 0 Å². The summed E-state index contributed by atoms with van der Waals surface area (Å²) in [5.74, 6) is 0.735. The average molecular weight is 316 g/mol. The maximum atomic E-state index is 12.3. The molecule has 4 heteroatoms. The summed E-state index contributed by atoms with van der Waals surface area (Å²) < 4.78 is 5.52. The van der Waals surface area contributed by atoms with Crippen molar-refractivity contribution in [2.24, 2.45) is 5.92 Å². The van der Waals surface area contributed by atoms with Gasteiger partial charge in [0, 0.05) is 32.2 Å². The van der Waals surface area contributed by atoms with Crippen LogP contribution in [0.5, 0.6) is 0 Å². The van der Waals surface area contributed by atoms with Gasteiger partial charge in [0.25, 0.3) is 0 Å². The number of fused-ring (bicyclic) bond motifs is 1. The molecule has 1 aromatic carbocycles. The molecule has 0 spiro atoms. The first-order valence-corrected chi connectivity index (χ1v) is 8.59. The lowest BCUT2D eigenvalue weighted by Gasteiger charge is -2.53. The number of piperidine rings is 1. The highest BCUT2D eigenvalue weighted by Crippen LogP contribution is 2.34. The van der Waals surface area contributed by atoms with Gasteiger partial charge in [-0.25, -0.2) is 4.79 Å². The Hall–Kier alpha value is -1.55. The van der Waals surface area contributed by atoms with Crippen LogP contribution in [-0.2, 0) is 11.3 Å². The molecule has 0 N–H and O–H groups in total. The highest BCUT2D eigenvalue weighted by Gasteiger charge is 2.43. The van der Waals surface area contributed by atoms with Crippen LogP contribution >= 0.6 is 0 Å². The summed E-state index contributed by atoms with van der Waals surface area (Å²) in [6.07, 6.45) is 0.923. The van der Waals surface area contributed by atoms with E-state index in [1.807, 2.05) is 25.7 Å². The van der Waals surface area contributed by atoms with Gasteiger partial charge in [0.2, 0.25) is 0 Å². The first-order valence-electron chi connectivity index (χ1n) is 8.59. The van der Waals surface area contributed by atoms with Crippen LogP contribution in [0.1, 0.15) is 38.3 Å². The number of hydrogen-bond acceptors (Lipinski definition) is 3. The fourth-order valence-electron chi connectivity index (χ4n) is 3.51. The van der Waals surface area contributed by atoms with E-state index in [1.54, 1.807) is 0 Å². The van der Waals surface area contributed by atoms with E-state index in [2.05, 4.69) is 36.1 Å². The maximum absolute atomic E-state index is 12.3. The molecule has 0 saturated carbocycles. The molecule has 2 saturated heterocycles. The molecule has 4 nitrogen and oxygen atoms in total. The molecule has 126 valence electrons. The quantitative estimate of drug-likeness (QED) is 0.838. The van der Waals surface area contributed by atoms with Crippen LogP contribution in [0.3, 0.4) is 0 Å². The fraction of sp³-hybridized carbons (Fsp3) is 0.632. The summed E-state index contributed by atoms with van der Waals surface area (Å²) in [4.78, 5) is 16.7. The SMILES string of the molecule is Cc1ccc(CN2C[C@H]3CCN(C(=O)OC(C)(C)C)C[C@H]32)cc1. The molecule has 1 amide bonds. The lowest BCUT2D eigenvalue weighted by Crippen LogP contribution is -2.64. The van der Waals surface area contributed by atoms with Crippen LogP contribution in [0, 0.1) is 12.8 Å². The Morgan fingerprint density at radius 2 is 1.91 bits per heavy atom. The van der Waals surface area contributed by atoms with Gasteiger partial charge in [0.15, 0.2) is 0 Å². The standard InChI is InChI=1S/C19H28N2O2/c1-14-5-7-15(8-6-14)11-21-12-16-9-10-20(13-17(16)21)18(22)23-19(2,3)4/h5-8,16-17H,9-13H2,1-4H3/t16-,17-/m1/s1. The van der Waals surface area contributed by atoms with Crippen LogP contribution in [0.2, 0.25) is 0 Å². The van der Waals surface area contributed by atoms with Crippen molar-refractivity contribution in [1.82, 2.24) is 9.80 Å². The lowest BCUT2D eigenvalue weighted by atomic mass is 9.82. The number of amides is 1. The van der Waals surface area contributed by atoms with Gasteiger partial charge in [-0.1, -0.05) is 29.8 Å². The largest absolute Gasteiger partial charge is 0.444 e. The number of carbonyl (C=O) groups is 1. The van der Waals surface area contributed by atoms with Gasteiger partial charge in [-0.3, -0.25) is 4.90 Å².